The Balaban J connectivity index is 2.20. The second-order valence-corrected chi connectivity index (χ2v) is 4.76. The van der Waals surface area contributed by atoms with Crippen LogP contribution in [0.3, 0.4) is 0 Å². The lowest BCUT2D eigenvalue weighted by Crippen LogP contribution is -2.07. The van der Waals surface area contributed by atoms with Crippen molar-refractivity contribution in [3.8, 4) is 0 Å². The summed E-state index contributed by atoms with van der Waals surface area (Å²) in [4.78, 5) is 16.6. The third-order valence-corrected chi connectivity index (χ3v) is 3.30. The van der Waals surface area contributed by atoms with E-state index < -0.39 is 0 Å². The minimum Gasteiger partial charge on any atom is -0.287 e. The van der Waals surface area contributed by atoms with Gasteiger partial charge in [0, 0.05) is 28.2 Å². The largest absolute Gasteiger partial charge is 0.287 e. The van der Waals surface area contributed by atoms with Crippen LogP contribution in [-0.4, -0.2) is 21.0 Å². The summed E-state index contributed by atoms with van der Waals surface area (Å²) in [5.41, 5.74) is 1.62. The molecule has 20 heavy (non-hydrogen) atoms. The summed E-state index contributed by atoms with van der Waals surface area (Å²) in [6, 6.07) is 10.7. The molecule has 0 unspecified atom stereocenters. The molecule has 0 N–H and O–H groups in total. The van der Waals surface area contributed by atoms with E-state index in [1.165, 1.54) is 0 Å². The molecule has 4 nitrogen and oxygen atoms in total. The number of aryl methyl sites for hydroxylation is 1. The summed E-state index contributed by atoms with van der Waals surface area (Å²) in [7, 11) is 0. The molecule has 3 aromatic rings. The summed E-state index contributed by atoms with van der Waals surface area (Å²) < 4.78 is 0. The van der Waals surface area contributed by atoms with Gasteiger partial charge in [0.05, 0.1) is 0 Å². The van der Waals surface area contributed by atoms with Gasteiger partial charge in [-0.25, -0.2) is 0 Å². The lowest BCUT2D eigenvalue weighted by atomic mass is 10.0. The Kier molecular flexibility index (Phi) is 3.16. The smallest absolute Gasteiger partial charge is 0.214 e. The molecule has 0 saturated carbocycles. The number of aromatic nitrogens is 3. The maximum absolute atomic E-state index is 12.6. The van der Waals surface area contributed by atoms with Gasteiger partial charge in [-0.2, -0.15) is 0 Å². The van der Waals surface area contributed by atoms with Gasteiger partial charge < -0.3 is 0 Å². The van der Waals surface area contributed by atoms with Gasteiger partial charge >= 0.3 is 0 Å². The van der Waals surface area contributed by atoms with Crippen molar-refractivity contribution in [2.24, 2.45) is 0 Å². The molecule has 2 aromatic heterocycles. The second-order valence-electron chi connectivity index (χ2n) is 4.40. The molecule has 0 aliphatic carbocycles. The lowest BCUT2D eigenvalue weighted by molar-refractivity contribution is 0.103. The van der Waals surface area contributed by atoms with Crippen LogP contribution in [0.4, 0.5) is 0 Å². The highest BCUT2D eigenvalue weighted by Crippen LogP contribution is 2.24. The van der Waals surface area contributed by atoms with Crippen molar-refractivity contribution in [3.63, 3.8) is 0 Å². The van der Waals surface area contributed by atoms with Crippen LogP contribution in [0.5, 0.6) is 0 Å². The topological polar surface area (TPSA) is 55.7 Å². The van der Waals surface area contributed by atoms with E-state index in [0.717, 1.165) is 11.1 Å². The second kappa shape index (κ2) is 4.98. The van der Waals surface area contributed by atoms with Crippen LogP contribution in [-0.2, 0) is 0 Å². The van der Waals surface area contributed by atoms with Crippen molar-refractivity contribution in [2.45, 2.75) is 6.92 Å². The number of rotatable bonds is 2. The standard InChI is InChI=1S/C15H10ClN3O/c1-9-8-10(6-7-17-9)14(20)13-11-4-2-3-5-12(11)15(16)19-18-13/h2-8H,1H3. The molecule has 2 heterocycles. The van der Waals surface area contributed by atoms with Crippen LogP contribution in [0.2, 0.25) is 5.15 Å². The van der Waals surface area contributed by atoms with E-state index in [4.69, 9.17) is 11.6 Å². The van der Waals surface area contributed by atoms with Gasteiger partial charge in [0.25, 0.3) is 0 Å². The molecular weight excluding hydrogens is 274 g/mol. The molecule has 98 valence electrons. The molecule has 1 aromatic carbocycles. The molecule has 0 atom stereocenters. The van der Waals surface area contributed by atoms with Crippen molar-refractivity contribution >= 4 is 28.2 Å². The van der Waals surface area contributed by atoms with Gasteiger partial charge in [0.15, 0.2) is 5.15 Å². The quantitative estimate of drug-likeness (QED) is 0.678. The van der Waals surface area contributed by atoms with Gasteiger partial charge in [-0.1, -0.05) is 35.9 Å². The molecule has 0 aliphatic heterocycles. The Labute approximate surface area is 120 Å². The van der Waals surface area contributed by atoms with E-state index in [0.29, 0.717) is 21.8 Å². The number of nitrogens with zero attached hydrogens (tertiary/aromatic N) is 3. The van der Waals surface area contributed by atoms with E-state index in [1.807, 2.05) is 31.2 Å². The maximum atomic E-state index is 12.6. The molecule has 0 radical (unpaired) electrons. The van der Waals surface area contributed by atoms with Gasteiger partial charge in [-0.15, -0.1) is 10.2 Å². The number of hydrogen-bond donors (Lipinski definition) is 0. The van der Waals surface area contributed by atoms with Crippen molar-refractivity contribution in [2.75, 3.05) is 0 Å². The van der Waals surface area contributed by atoms with Crippen molar-refractivity contribution < 1.29 is 4.79 Å². The maximum Gasteiger partial charge on any atom is 0.214 e. The monoisotopic (exact) mass is 283 g/mol. The lowest BCUT2D eigenvalue weighted by Gasteiger charge is -2.05. The van der Waals surface area contributed by atoms with Gasteiger partial charge in [0.2, 0.25) is 5.78 Å². The summed E-state index contributed by atoms with van der Waals surface area (Å²) >= 11 is 6.01. The Morgan fingerprint density at radius 3 is 2.60 bits per heavy atom. The van der Waals surface area contributed by atoms with Crippen LogP contribution in [0, 0.1) is 6.92 Å². The Bertz CT molecular complexity index is 817. The summed E-state index contributed by atoms with van der Waals surface area (Å²) in [6.45, 7) is 1.84. The van der Waals surface area contributed by atoms with Gasteiger partial charge in [-0.05, 0) is 19.1 Å². The highest BCUT2D eigenvalue weighted by Gasteiger charge is 2.16. The number of hydrogen-bond acceptors (Lipinski definition) is 4. The highest BCUT2D eigenvalue weighted by atomic mass is 35.5. The number of pyridine rings is 1. The first-order chi connectivity index (χ1) is 9.66. The van der Waals surface area contributed by atoms with Crippen LogP contribution in [0.15, 0.2) is 42.6 Å². The number of ketones is 1. The fourth-order valence-corrected chi connectivity index (χ4v) is 2.26. The molecule has 0 spiro atoms. The van der Waals surface area contributed by atoms with E-state index in [1.54, 1.807) is 18.3 Å². The molecule has 0 amide bonds. The molecule has 0 saturated heterocycles. The molecule has 0 aliphatic rings. The molecule has 3 rings (SSSR count). The van der Waals surface area contributed by atoms with Crippen molar-refractivity contribution in [1.29, 1.82) is 0 Å². The normalized spacial score (nSPS) is 10.7. The first-order valence-electron chi connectivity index (χ1n) is 6.05. The summed E-state index contributed by atoms with van der Waals surface area (Å²) in [5, 5.41) is 9.53. The zero-order valence-electron chi connectivity index (χ0n) is 10.7. The van der Waals surface area contributed by atoms with E-state index >= 15 is 0 Å². The third kappa shape index (κ3) is 2.14. The first-order valence-corrected chi connectivity index (χ1v) is 6.43. The first kappa shape index (κ1) is 12.7. The van der Waals surface area contributed by atoms with E-state index in [-0.39, 0.29) is 5.78 Å². The fraction of sp³-hybridized carbons (Fsp3) is 0.0667. The fourth-order valence-electron chi connectivity index (χ4n) is 2.06. The SMILES string of the molecule is Cc1cc(C(=O)c2nnc(Cl)c3ccccc23)ccn1. The molecule has 0 bridgehead atoms. The predicted octanol–water partition coefficient (Wildman–Crippen LogP) is 3.22. The van der Waals surface area contributed by atoms with Crippen molar-refractivity contribution in [1.82, 2.24) is 15.2 Å². The number of carbonyl (C=O) groups excluding carboxylic acids is 1. The van der Waals surface area contributed by atoms with Gasteiger partial charge in [0.1, 0.15) is 5.69 Å². The minimum absolute atomic E-state index is 0.184. The molecular formula is C15H10ClN3O. The van der Waals surface area contributed by atoms with Crippen molar-refractivity contribution in [3.05, 3.63) is 64.7 Å². The van der Waals surface area contributed by atoms with Crippen LogP contribution >= 0.6 is 11.6 Å². The highest BCUT2D eigenvalue weighted by molar-refractivity contribution is 6.34. The van der Waals surface area contributed by atoms with Crippen LogP contribution in [0.1, 0.15) is 21.7 Å². The van der Waals surface area contributed by atoms with E-state index in [9.17, 15) is 4.79 Å². The van der Waals surface area contributed by atoms with Gasteiger partial charge in [-0.3, -0.25) is 9.78 Å². The Morgan fingerprint density at radius 2 is 1.85 bits per heavy atom. The Hall–Kier alpha value is -2.33. The predicted molar refractivity (Wildman–Crippen MR) is 77.0 cm³/mol. The average molecular weight is 284 g/mol. The molecule has 5 heteroatoms. The number of benzene rings is 1. The number of carbonyl (C=O) groups is 1. The Morgan fingerprint density at radius 1 is 1.10 bits per heavy atom. The zero-order valence-corrected chi connectivity index (χ0v) is 11.4. The van der Waals surface area contributed by atoms with Crippen LogP contribution < -0.4 is 0 Å². The number of fused-ring (bicyclic) bond motifs is 1. The van der Waals surface area contributed by atoms with Crippen LogP contribution in [0.25, 0.3) is 10.8 Å². The zero-order chi connectivity index (χ0) is 14.1. The number of halogens is 1. The average Bonchev–Trinajstić information content (AvgIpc) is 2.47. The summed E-state index contributed by atoms with van der Waals surface area (Å²) in [5.74, 6) is -0.184. The van der Waals surface area contributed by atoms with E-state index in [2.05, 4.69) is 15.2 Å². The summed E-state index contributed by atoms with van der Waals surface area (Å²) in [6.07, 6.45) is 1.61. The molecule has 0 fully saturated rings. The minimum atomic E-state index is -0.184. The third-order valence-electron chi connectivity index (χ3n) is 3.02.